The lowest BCUT2D eigenvalue weighted by molar-refractivity contribution is -0.153. The average molecular weight is 549 g/mol. The van der Waals surface area contributed by atoms with Crippen molar-refractivity contribution in [3.05, 3.63) is 23.8 Å². The molecule has 1 amide bonds. The molecular weight excluding hydrogens is 526 g/mol. The van der Waals surface area contributed by atoms with Crippen molar-refractivity contribution in [3.8, 4) is 0 Å². The van der Waals surface area contributed by atoms with Crippen molar-refractivity contribution in [1.29, 1.82) is 0 Å². The highest BCUT2D eigenvalue weighted by atomic mass is 127. The van der Waals surface area contributed by atoms with Crippen LogP contribution < -0.4 is 0 Å². The van der Waals surface area contributed by atoms with Gasteiger partial charge >= 0.3 is 12.3 Å². The van der Waals surface area contributed by atoms with Crippen LogP contribution in [0.1, 0.15) is 56.0 Å². The summed E-state index contributed by atoms with van der Waals surface area (Å²) in [5, 5.41) is 0. The fraction of sp³-hybridized carbons (Fsp3) is 0.714. The van der Waals surface area contributed by atoms with Gasteiger partial charge in [-0.2, -0.15) is 13.2 Å². The maximum atomic E-state index is 12.9. The van der Waals surface area contributed by atoms with Crippen LogP contribution in [0.4, 0.5) is 18.0 Å². The molecule has 5 aliphatic rings. The molecule has 4 bridgehead atoms. The van der Waals surface area contributed by atoms with Crippen molar-refractivity contribution in [2.24, 2.45) is 23.2 Å². The number of carbonyl (C=O) groups is 2. The summed E-state index contributed by atoms with van der Waals surface area (Å²) in [6.45, 7) is 0.658. The molecule has 4 aliphatic carbocycles. The fourth-order valence-corrected chi connectivity index (χ4v) is 7.13. The first-order valence-corrected chi connectivity index (χ1v) is 11.8. The van der Waals surface area contributed by atoms with Gasteiger partial charge in [0.15, 0.2) is 3.79 Å². The lowest BCUT2D eigenvalue weighted by atomic mass is 9.49. The first-order chi connectivity index (χ1) is 14.6. The highest BCUT2D eigenvalue weighted by Gasteiger charge is 2.59. The average Bonchev–Trinajstić information content (AvgIpc) is 3.20. The normalized spacial score (nSPS) is 36.6. The molecule has 2 heterocycles. The molecule has 1 aromatic rings. The number of aromatic nitrogens is 2. The summed E-state index contributed by atoms with van der Waals surface area (Å²) in [4.78, 5) is 34.4. The Labute approximate surface area is 191 Å². The topological polar surface area (TPSA) is 72.4 Å². The van der Waals surface area contributed by atoms with Crippen molar-refractivity contribution in [2.45, 2.75) is 56.7 Å². The second kappa shape index (κ2) is 7.55. The molecule has 4 saturated carbocycles. The van der Waals surface area contributed by atoms with E-state index < -0.39 is 18.0 Å². The maximum Gasteiger partial charge on any atom is 0.433 e. The Morgan fingerprint density at radius 3 is 2.55 bits per heavy atom. The third-order valence-electron chi connectivity index (χ3n) is 7.62. The second-order valence-corrected chi connectivity index (χ2v) is 10.6. The van der Waals surface area contributed by atoms with E-state index in [-0.39, 0.29) is 45.4 Å². The molecular formula is C21H23F3IN3O3. The maximum absolute atomic E-state index is 12.9. The van der Waals surface area contributed by atoms with E-state index in [4.69, 9.17) is 4.74 Å². The molecule has 5 fully saturated rings. The summed E-state index contributed by atoms with van der Waals surface area (Å²) < 4.78 is 45.0. The van der Waals surface area contributed by atoms with Gasteiger partial charge in [0.1, 0.15) is 17.6 Å². The van der Waals surface area contributed by atoms with Crippen molar-refractivity contribution < 1.29 is 27.5 Å². The van der Waals surface area contributed by atoms with Crippen LogP contribution in [0, 0.1) is 23.2 Å². The van der Waals surface area contributed by atoms with Gasteiger partial charge in [0, 0.05) is 53.2 Å². The zero-order valence-electron chi connectivity index (χ0n) is 16.8. The Kier molecular flexibility index (Phi) is 5.21. The molecule has 31 heavy (non-hydrogen) atoms. The van der Waals surface area contributed by atoms with Gasteiger partial charge in [-0.15, -0.1) is 0 Å². The summed E-state index contributed by atoms with van der Waals surface area (Å²) in [6.07, 6.45) is 1.06. The predicted octanol–water partition coefficient (Wildman–Crippen LogP) is 4.58. The Morgan fingerprint density at radius 2 is 1.90 bits per heavy atom. The number of hydrogen-bond acceptors (Lipinski definition) is 5. The first kappa shape index (κ1) is 21.4. The van der Waals surface area contributed by atoms with Crippen LogP contribution in [0.5, 0.6) is 0 Å². The molecule has 10 heteroatoms. The molecule has 168 valence electrons. The van der Waals surface area contributed by atoms with Gasteiger partial charge in [-0.1, -0.05) is 0 Å². The monoisotopic (exact) mass is 549 g/mol. The van der Waals surface area contributed by atoms with Crippen molar-refractivity contribution in [1.82, 2.24) is 14.9 Å². The van der Waals surface area contributed by atoms with E-state index >= 15 is 0 Å². The number of likely N-dealkylation sites (tertiary alicyclic amines) is 1. The van der Waals surface area contributed by atoms with Crippen LogP contribution in [-0.2, 0) is 15.7 Å². The smallest absolute Gasteiger partial charge is 0.433 e. The van der Waals surface area contributed by atoms with Crippen molar-refractivity contribution in [3.63, 3.8) is 0 Å². The van der Waals surface area contributed by atoms with E-state index in [1.807, 2.05) is 22.6 Å². The second-order valence-electron chi connectivity index (χ2n) is 9.60. The van der Waals surface area contributed by atoms with Crippen LogP contribution >= 0.6 is 22.6 Å². The highest BCUT2D eigenvalue weighted by Crippen LogP contribution is 2.61. The minimum atomic E-state index is -4.52. The molecule has 0 aromatic carbocycles. The van der Waals surface area contributed by atoms with Crippen LogP contribution in [0.2, 0.25) is 0 Å². The number of nitrogens with zero attached hydrogens (tertiary/aromatic N) is 3. The van der Waals surface area contributed by atoms with Crippen molar-refractivity contribution in [2.75, 3.05) is 13.1 Å². The standard InChI is InChI=1S/C21H23F3IN3O3/c22-21(23,24)15-1-3-26-17(27-15)12-2-4-28(10-12)19(30)31-16-13-5-11-6-14(16)9-20(7-11,8-13)18(25)29/h1,3,11-14,16H,2,4-10H2. The molecule has 0 radical (unpaired) electrons. The van der Waals surface area contributed by atoms with E-state index in [2.05, 4.69) is 9.97 Å². The molecule has 1 saturated heterocycles. The largest absolute Gasteiger partial charge is 0.446 e. The molecule has 1 aliphatic heterocycles. The third-order valence-corrected chi connectivity index (χ3v) is 8.76. The predicted molar refractivity (Wildman–Crippen MR) is 111 cm³/mol. The Bertz CT molecular complexity index is 895. The summed E-state index contributed by atoms with van der Waals surface area (Å²) in [7, 11) is 0. The number of alkyl halides is 3. The molecule has 0 spiro atoms. The van der Waals surface area contributed by atoms with Crippen molar-refractivity contribution >= 4 is 32.5 Å². The summed E-state index contributed by atoms with van der Waals surface area (Å²) in [5.74, 6) is 0.758. The number of halogens is 4. The van der Waals surface area contributed by atoms with Gasteiger partial charge in [-0.05, 0) is 62.3 Å². The zero-order chi connectivity index (χ0) is 22.0. The van der Waals surface area contributed by atoms with Gasteiger partial charge in [-0.25, -0.2) is 14.8 Å². The Hall–Kier alpha value is -1.46. The van der Waals surface area contributed by atoms with E-state index in [0.717, 1.165) is 44.4 Å². The quantitative estimate of drug-likeness (QED) is 0.408. The van der Waals surface area contributed by atoms with Gasteiger partial charge in [0.05, 0.1) is 0 Å². The number of hydrogen-bond donors (Lipinski definition) is 0. The number of carbonyl (C=O) groups excluding carboxylic acids is 2. The van der Waals surface area contributed by atoms with E-state index in [0.29, 0.717) is 18.9 Å². The van der Waals surface area contributed by atoms with Gasteiger partial charge in [0.2, 0.25) is 0 Å². The lowest BCUT2D eigenvalue weighted by Crippen LogP contribution is -2.57. The molecule has 3 unspecified atom stereocenters. The molecule has 0 N–H and O–H groups in total. The third kappa shape index (κ3) is 3.82. The summed E-state index contributed by atoms with van der Waals surface area (Å²) in [6, 6.07) is 0.851. The molecule has 6 nitrogen and oxygen atoms in total. The van der Waals surface area contributed by atoms with Gasteiger partial charge < -0.3 is 9.64 Å². The molecule has 1 aromatic heterocycles. The minimum Gasteiger partial charge on any atom is -0.446 e. The highest BCUT2D eigenvalue weighted by molar-refractivity contribution is 14.1. The first-order valence-electron chi connectivity index (χ1n) is 10.7. The number of rotatable bonds is 3. The Balaban J connectivity index is 1.23. The SMILES string of the molecule is O=C(OC1C2CC3CC1CC(C(=O)I)(C3)C2)N1CCC(c2nccc(C(F)(F)F)n2)C1. The van der Waals surface area contributed by atoms with Gasteiger partial charge in [0.25, 0.3) is 0 Å². The van der Waals surface area contributed by atoms with E-state index in [1.54, 1.807) is 4.90 Å². The Morgan fingerprint density at radius 1 is 1.19 bits per heavy atom. The molecule has 3 atom stereocenters. The van der Waals surface area contributed by atoms with E-state index in [1.165, 1.54) is 0 Å². The van der Waals surface area contributed by atoms with Crippen LogP contribution in [0.3, 0.4) is 0 Å². The molecule has 6 rings (SSSR count). The number of amides is 1. The lowest BCUT2D eigenvalue weighted by Gasteiger charge is -2.58. The van der Waals surface area contributed by atoms with E-state index in [9.17, 15) is 22.8 Å². The summed E-state index contributed by atoms with van der Waals surface area (Å²) >= 11 is 1.93. The van der Waals surface area contributed by atoms with Gasteiger partial charge in [-0.3, -0.25) is 4.79 Å². The minimum absolute atomic E-state index is 0.113. The number of ether oxygens (including phenoxy) is 1. The zero-order valence-corrected chi connectivity index (χ0v) is 18.9. The summed E-state index contributed by atoms with van der Waals surface area (Å²) in [5.41, 5.74) is -1.20. The van der Waals surface area contributed by atoms with Crippen LogP contribution in [-0.4, -0.2) is 43.9 Å². The van der Waals surface area contributed by atoms with Crippen LogP contribution in [0.15, 0.2) is 12.3 Å². The van der Waals surface area contributed by atoms with Crippen LogP contribution in [0.25, 0.3) is 0 Å². The fourth-order valence-electron chi connectivity index (χ4n) is 6.47.